The summed E-state index contributed by atoms with van der Waals surface area (Å²) in [5.41, 5.74) is 0.298. The Morgan fingerprint density at radius 1 is 1.02 bits per heavy atom. The molecule has 5 N–H and O–H groups in total. The number of rotatable bonds is 15. The highest BCUT2D eigenvalue weighted by Crippen LogP contribution is 2.61. The summed E-state index contributed by atoms with van der Waals surface area (Å²) in [5.74, 6) is 1.36. The maximum atomic E-state index is 14.3. The van der Waals surface area contributed by atoms with Gasteiger partial charge in [0.05, 0.1) is 18.8 Å². The largest absolute Gasteiger partial charge is 0.394 e. The monoisotopic (exact) mass is 762 g/mol. The van der Waals surface area contributed by atoms with E-state index in [0.29, 0.717) is 42.1 Å². The minimum absolute atomic E-state index is 0.0297. The highest BCUT2D eigenvalue weighted by Gasteiger charge is 2.58. The van der Waals surface area contributed by atoms with E-state index < -0.39 is 24.2 Å². The number of amides is 3. The Hall–Kier alpha value is -1.83. The molecule has 6 aliphatic rings. The van der Waals surface area contributed by atoms with Crippen LogP contribution in [-0.4, -0.2) is 121 Å². The van der Waals surface area contributed by atoms with Crippen LogP contribution < -0.4 is 16.0 Å². The van der Waals surface area contributed by atoms with Gasteiger partial charge in [-0.2, -0.15) is 5.06 Å². The third kappa shape index (κ3) is 9.64. The second kappa shape index (κ2) is 18.2. The number of ether oxygens (including phenoxy) is 1. The quantitative estimate of drug-likeness (QED) is 0.169. The number of hydrogen-bond donors (Lipinski definition) is 5. The molecule has 0 aromatic rings. The fraction of sp³-hybridized carbons (Fsp3) is 0.929. The topological polar surface area (TPSA) is 153 Å². The average Bonchev–Trinajstić information content (AvgIpc) is 3.46. The van der Waals surface area contributed by atoms with E-state index in [0.717, 1.165) is 51.5 Å². The van der Waals surface area contributed by atoms with Gasteiger partial charge in [0.2, 0.25) is 17.7 Å². The molecule has 12 heteroatoms. The number of fused-ring (bicyclic) bond motifs is 2. The lowest BCUT2D eigenvalue weighted by Gasteiger charge is -2.62. The second-order valence-electron chi connectivity index (χ2n) is 19.5. The number of hydrogen-bond acceptors (Lipinski definition) is 9. The van der Waals surface area contributed by atoms with Crippen molar-refractivity contribution in [2.75, 3.05) is 40.9 Å². The predicted molar refractivity (Wildman–Crippen MR) is 209 cm³/mol. The summed E-state index contributed by atoms with van der Waals surface area (Å²) in [5, 5.41) is 33.1. The molecule has 3 amide bonds. The Morgan fingerprint density at radius 3 is 2.31 bits per heavy atom. The molecule has 54 heavy (non-hydrogen) atoms. The first-order chi connectivity index (χ1) is 25.4. The lowest BCUT2D eigenvalue weighted by atomic mass is 9.45. The third-order valence-electron chi connectivity index (χ3n) is 14.6. The van der Waals surface area contributed by atoms with Crippen LogP contribution in [0.2, 0.25) is 0 Å². The molecular formula is C42H75N5O7. The Kier molecular flexibility index (Phi) is 14.6. The molecule has 1 saturated heterocycles. The summed E-state index contributed by atoms with van der Waals surface area (Å²) in [6.07, 6.45) is 6.32. The van der Waals surface area contributed by atoms with Crippen molar-refractivity contribution in [1.29, 1.82) is 0 Å². The van der Waals surface area contributed by atoms with Crippen LogP contribution in [0, 0.1) is 58.7 Å². The summed E-state index contributed by atoms with van der Waals surface area (Å²) < 4.78 is 6.36. The van der Waals surface area contributed by atoms with Crippen molar-refractivity contribution in [3.8, 4) is 0 Å². The Labute approximate surface area is 325 Å². The molecule has 5 saturated carbocycles. The Morgan fingerprint density at radius 2 is 1.74 bits per heavy atom. The maximum Gasteiger partial charge on any atom is 0.240 e. The van der Waals surface area contributed by atoms with Gasteiger partial charge in [-0.25, -0.2) is 0 Å². The number of nitrogens with zero attached hydrogens (tertiary/aromatic N) is 2. The number of aliphatic hydroxyl groups is 2. The zero-order valence-electron chi connectivity index (χ0n) is 35.1. The van der Waals surface area contributed by atoms with Crippen LogP contribution in [0.4, 0.5) is 0 Å². The average molecular weight is 762 g/mol. The molecule has 1 heterocycles. The minimum Gasteiger partial charge on any atom is -0.394 e. The van der Waals surface area contributed by atoms with Gasteiger partial charge >= 0.3 is 0 Å². The van der Waals surface area contributed by atoms with E-state index in [-0.39, 0.29) is 72.2 Å². The summed E-state index contributed by atoms with van der Waals surface area (Å²) in [6, 6.07) is -0.721. The highest BCUT2D eigenvalue weighted by molar-refractivity contribution is 5.83. The summed E-state index contributed by atoms with van der Waals surface area (Å²) >= 11 is 0. The first kappa shape index (κ1) is 43.3. The molecule has 15 atom stereocenters. The van der Waals surface area contributed by atoms with Gasteiger partial charge in [0.1, 0.15) is 12.1 Å². The zero-order valence-corrected chi connectivity index (χ0v) is 35.1. The maximum absolute atomic E-state index is 14.3. The van der Waals surface area contributed by atoms with Crippen molar-refractivity contribution in [2.45, 2.75) is 149 Å². The van der Waals surface area contributed by atoms with E-state index in [9.17, 15) is 24.6 Å². The van der Waals surface area contributed by atoms with Crippen molar-refractivity contribution in [1.82, 2.24) is 25.9 Å². The van der Waals surface area contributed by atoms with Crippen molar-refractivity contribution in [2.24, 2.45) is 58.7 Å². The lowest BCUT2D eigenvalue weighted by Crippen LogP contribution is -2.62. The van der Waals surface area contributed by atoms with Crippen LogP contribution in [-0.2, 0) is 24.0 Å². The Balaban J connectivity index is 1.32. The molecule has 0 aromatic carbocycles. The van der Waals surface area contributed by atoms with Crippen molar-refractivity contribution in [3.05, 3.63) is 0 Å². The minimum atomic E-state index is -0.856. The molecule has 0 radical (unpaired) electrons. The number of methoxy groups -OCH3 is 1. The third-order valence-corrected chi connectivity index (χ3v) is 14.6. The van der Waals surface area contributed by atoms with Gasteiger partial charge in [0.25, 0.3) is 0 Å². The Bertz CT molecular complexity index is 1270. The van der Waals surface area contributed by atoms with Gasteiger partial charge in [-0.15, -0.1) is 0 Å². The molecule has 5 aliphatic carbocycles. The first-order valence-electron chi connectivity index (χ1n) is 21.2. The molecule has 2 bridgehead atoms. The molecule has 0 spiro atoms. The van der Waals surface area contributed by atoms with E-state index in [1.54, 1.807) is 26.0 Å². The number of nitrogens with one attached hydrogen (secondary N) is 3. The molecular weight excluding hydrogens is 686 g/mol. The number of carbonyl (C=O) groups excluding carboxylic acids is 3. The van der Waals surface area contributed by atoms with Crippen LogP contribution in [0.25, 0.3) is 0 Å². The van der Waals surface area contributed by atoms with Crippen LogP contribution in [0.1, 0.15) is 106 Å². The number of hydroxylamine groups is 2. The van der Waals surface area contributed by atoms with E-state index >= 15 is 0 Å². The number of carbonyl (C=O) groups is 3. The fourth-order valence-corrected chi connectivity index (χ4v) is 11.9. The van der Waals surface area contributed by atoms with Crippen molar-refractivity contribution >= 4 is 17.7 Å². The molecule has 6 fully saturated rings. The van der Waals surface area contributed by atoms with E-state index in [2.05, 4.69) is 55.5 Å². The first-order valence-corrected chi connectivity index (χ1v) is 21.2. The van der Waals surface area contributed by atoms with Crippen LogP contribution in [0.3, 0.4) is 0 Å². The molecule has 6 rings (SSSR count). The van der Waals surface area contributed by atoms with E-state index in [4.69, 9.17) is 9.57 Å². The lowest BCUT2D eigenvalue weighted by molar-refractivity contribution is -0.193. The zero-order chi connectivity index (χ0) is 39.6. The predicted octanol–water partition coefficient (Wildman–Crippen LogP) is 3.59. The standard InChI is InChI=1S/C42H75N5O7/c1-23(2)14-32(21-46(8)9)44-40(51)29-15-28(16-31(17-29)43-26(5)50)33-13-11-12-27(39(33)53-10)20-47-38(37(25(4)49)36(22-48)54-47)41(52)45-35-19-30-18-34(24(35)3)42(30,6)7/h23-25,27-39,48-49H,11-22H2,1-10H3,(H,43,50)(H,44,51)(H,45,52)/t24-,25-,27?,28?,29?,30+,31?,32+,33?,34-,35-,36-,37-,38-,39?/m0/s1. The van der Waals surface area contributed by atoms with Gasteiger partial charge in [-0.05, 0) is 113 Å². The van der Waals surface area contributed by atoms with Crippen molar-refractivity contribution < 1.29 is 34.2 Å². The molecule has 310 valence electrons. The second-order valence-corrected chi connectivity index (χ2v) is 19.5. The van der Waals surface area contributed by atoms with Crippen LogP contribution >= 0.6 is 0 Å². The van der Waals surface area contributed by atoms with Crippen LogP contribution in [0.5, 0.6) is 0 Å². The smallest absolute Gasteiger partial charge is 0.240 e. The highest BCUT2D eigenvalue weighted by atomic mass is 16.7. The van der Waals surface area contributed by atoms with Gasteiger partial charge in [0.15, 0.2) is 0 Å². The van der Waals surface area contributed by atoms with Gasteiger partial charge in [-0.1, -0.05) is 41.0 Å². The van der Waals surface area contributed by atoms with Gasteiger partial charge < -0.3 is 35.8 Å². The molecule has 12 nitrogen and oxygen atoms in total. The van der Waals surface area contributed by atoms with Gasteiger partial charge in [-0.3, -0.25) is 19.2 Å². The SMILES string of the molecule is COC1C(CN2O[C@@H](CO)[C@H]([C@H](C)O)[C@H]2C(=O)N[C@H]2C[C@H]3C[C@@H]([C@@H]2C)C3(C)C)CCCC1C1CC(NC(C)=O)CC(C(=O)N[C@H](CC(C)C)CN(C)C)C1. The molecule has 0 aromatic heterocycles. The summed E-state index contributed by atoms with van der Waals surface area (Å²) in [7, 11) is 5.82. The molecule has 6 unspecified atom stereocenters. The fourth-order valence-electron chi connectivity index (χ4n) is 11.9. The number of likely N-dealkylation sites (N-methyl/N-ethyl adjacent to an activating group) is 1. The summed E-state index contributed by atoms with van der Waals surface area (Å²) in [6.45, 7) is 15.5. The normalized spacial score (nSPS) is 39.1. The molecule has 1 aliphatic heterocycles. The van der Waals surface area contributed by atoms with E-state index in [1.807, 2.05) is 14.1 Å². The summed E-state index contributed by atoms with van der Waals surface area (Å²) in [4.78, 5) is 49.1. The van der Waals surface area contributed by atoms with E-state index in [1.165, 1.54) is 6.42 Å². The number of aliphatic hydroxyl groups excluding tert-OH is 2. The van der Waals surface area contributed by atoms with Crippen LogP contribution in [0.15, 0.2) is 0 Å². The van der Waals surface area contributed by atoms with Crippen molar-refractivity contribution in [3.63, 3.8) is 0 Å². The van der Waals surface area contributed by atoms with Gasteiger partial charge in [0, 0.05) is 63.0 Å².